The number of hydrazine groups is 1. The van der Waals surface area contributed by atoms with Crippen LogP contribution in [0.1, 0.15) is 90.5 Å². The number of aromatic amines is 1. The molecule has 2 fully saturated rings. The number of fused-ring (bicyclic) bond motifs is 2. The summed E-state index contributed by atoms with van der Waals surface area (Å²) in [5.74, 6) is -2.24. The van der Waals surface area contributed by atoms with E-state index in [9.17, 15) is 19.5 Å². The maximum absolute atomic E-state index is 12.4. The van der Waals surface area contributed by atoms with E-state index in [2.05, 4.69) is 15.7 Å². The minimum Gasteiger partial charge on any atom is -0.480 e. The lowest BCUT2D eigenvalue weighted by Crippen LogP contribution is -2.52. The number of amides is 2. The van der Waals surface area contributed by atoms with E-state index < -0.39 is 23.8 Å². The van der Waals surface area contributed by atoms with E-state index in [-0.39, 0.29) is 17.5 Å². The molecular formula is C31H38N4O4. The monoisotopic (exact) mass is 530 g/mol. The summed E-state index contributed by atoms with van der Waals surface area (Å²) < 4.78 is 0. The number of hydrogen-bond acceptors (Lipinski definition) is 5. The van der Waals surface area contributed by atoms with Gasteiger partial charge in [-0.15, -0.1) is 0 Å². The summed E-state index contributed by atoms with van der Waals surface area (Å²) in [7, 11) is 0. The molecule has 4 N–H and O–H groups in total. The molecule has 1 aromatic heterocycles. The molecule has 206 valence electrons. The number of para-hydroxylation sites is 1. The molecule has 0 spiro atoms. The molecule has 3 aliphatic rings. The first-order valence-electron chi connectivity index (χ1n) is 14.3. The van der Waals surface area contributed by atoms with Crippen LogP contribution < -0.4 is 10.7 Å². The molecule has 8 heteroatoms. The van der Waals surface area contributed by atoms with E-state index >= 15 is 0 Å². The zero-order valence-electron chi connectivity index (χ0n) is 22.3. The van der Waals surface area contributed by atoms with E-state index in [0.29, 0.717) is 0 Å². The van der Waals surface area contributed by atoms with Crippen molar-refractivity contribution in [3.05, 3.63) is 71.4 Å². The van der Waals surface area contributed by atoms with Crippen molar-refractivity contribution in [2.45, 2.75) is 88.8 Å². The van der Waals surface area contributed by atoms with Crippen LogP contribution in [0.15, 0.2) is 54.7 Å². The van der Waals surface area contributed by atoms with Gasteiger partial charge in [0.25, 0.3) is 11.8 Å². The Morgan fingerprint density at radius 2 is 1.38 bits per heavy atom. The molecule has 2 aliphatic carbocycles. The minimum absolute atomic E-state index is 0.118. The molecule has 2 amide bonds. The number of aromatic nitrogens is 1. The van der Waals surface area contributed by atoms with Gasteiger partial charge < -0.3 is 15.4 Å². The zero-order valence-corrected chi connectivity index (χ0v) is 22.3. The second kappa shape index (κ2) is 12.6. The van der Waals surface area contributed by atoms with Gasteiger partial charge in [-0.1, -0.05) is 68.9 Å². The molecule has 2 heterocycles. The number of H-pyrrole nitrogens is 1. The first-order valence-corrected chi connectivity index (χ1v) is 14.3. The molecule has 0 radical (unpaired) electrons. The van der Waals surface area contributed by atoms with Gasteiger partial charge in [0.05, 0.1) is 11.1 Å². The fourth-order valence-electron chi connectivity index (χ4n) is 6.04. The van der Waals surface area contributed by atoms with Crippen molar-refractivity contribution in [3.8, 4) is 0 Å². The third-order valence-electron chi connectivity index (χ3n) is 8.16. The average Bonchev–Trinajstić information content (AvgIpc) is 3.48. The van der Waals surface area contributed by atoms with Crippen molar-refractivity contribution in [1.82, 2.24) is 20.7 Å². The summed E-state index contributed by atoms with van der Waals surface area (Å²) in [4.78, 5) is 39.7. The second-order valence-corrected chi connectivity index (χ2v) is 10.9. The highest BCUT2D eigenvalue weighted by atomic mass is 16.4. The Labute approximate surface area is 229 Å². The number of nitrogens with zero attached hydrogens (tertiary/aromatic N) is 1. The first-order chi connectivity index (χ1) is 19.0. The highest BCUT2D eigenvalue weighted by Gasteiger charge is 2.38. The Morgan fingerprint density at radius 1 is 0.846 bits per heavy atom. The Bertz CT molecular complexity index is 1260. The molecule has 0 unspecified atom stereocenters. The van der Waals surface area contributed by atoms with E-state index in [1.807, 2.05) is 24.3 Å². The molecule has 1 aliphatic heterocycles. The van der Waals surface area contributed by atoms with Crippen LogP contribution >= 0.6 is 0 Å². The lowest BCUT2D eigenvalue weighted by molar-refractivity contribution is -0.140. The normalized spacial score (nSPS) is 19.0. The van der Waals surface area contributed by atoms with Crippen molar-refractivity contribution < 1.29 is 19.5 Å². The number of carboxylic acid groups (broad SMARTS) is 1. The van der Waals surface area contributed by atoms with Crippen LogP contribution in [0.4, 0.5) is 0 Å². The molecule has 2 aromatic carbocycles. The van der Waals surface area contributed by atoms with Gasteiger partial charge >= 0.3 is 5.97 Å². The lowest BCUT2D eigenvalue weighted by atomic mass is 9.91. The molecule has 0 saturated heterocycles. The zero-order chi connectivity index (χ0) is 27.2. The molecule has 39 heavy (non-hydrogen) atoms. The molecule has 0 bridgehead atoms. The topological polar surface area (TPSA) is 115 Å². The predicted octanol–water partition coefficient (Wildman–Crippen LogP) is 5.21. The van der Waals surface area contributed by atoms with E-state index in [0.717, 1.165) is 33.6 Å². The third kappa shape index (κ3) is 6.40. The van der Waals surface area contributed by atoms with Gasteiger partial charge in [-0.2, -0.15) is 0 Å². The highest BCUT2D eigenvalue weighted by molar-refractivity contribution is 6.21. The van der Waals surface area contributed by atoms with Crippen LogP contribution in [0.2, 0.25) is 0 Å². The lowest BCUT2D eigenvalue weighted by Gasteiger charge is -2.30. The summed E-state index contributed by atoms with van der Waals surface area (Å²) in [6.45, 7) is 0. The van der Waals surface area contributed by atoms with Crippen LogP contribution in [-0.2, 0) is 11.2 Å². The van der Waals surface area contributed by atoms with Crippen molar-refractivity contribution in [2.24, 2.45) is 0 Å². The van der Waals surface area contributed by atoms with Crippen molar-refractivity contribution in [1.29, 1.82) is 0 Å². The molecule has 3 aromatic rings. The predicted molar refractivity (Wildman–Crippen MR) is 150 cm³/mol. The maximum atomic E-state index is 12.4. The number of aliphatic carboxylic acids is 1. The van der Waals surface area contributed by atoms with E-state index in [4.69, 9.17) is 0 Å². The van der Waals surface area contributed by atoms with Gasteiger partial charge in [-0.05, 0) is 49.4 Å². The number of imide groups is 1. The van der Waals surface area contributed by atoms with E-state index in [1.54, 1.807) is 30.5 Å². The van der Waals surface area contributed by atoms with Crippen LogP contribution in [-0.4, -0.2) is 51.0 Å². The fraction of sp³-hybridized carbons (Fsp3) is 0.452. The van der Waals surface area contributed by atoms with Crippen LogP contribution in [0.5, 0.6) is 0 Å². The minimum atomic E-state index is -1.15. The largest absolute Gasteiger partial charge is 0.480 e. The Balaban J connectivity index is 0.000000198. The Morgan fingerprint density at radius 3 is 1.95 bits per heavy atom. The average molecular weight is 531 g/mol. The molecular weight excluding hydrogens is 492 g/mol. The van der Waals surface area contributed by atoms with Crippen LogP contribution in [0, 0.1) is 0 Å². The maximum Gasteiger partial charge on any atom is 0.322 e. The summed E-state index contributed by atoms with van der Waals surface area (Å²) in [6, 6.07) is 14.6. The third-order valence-corrected chi connectivity index (χ3v) is 8.16. The molecule has 2 saturated carbocycles. The standard InChI is InChI=1S/C19H15N3O4.C12H23N/c23-17-13-6-1-2-7-14(13)18(24)22(17)21-16(19(25)26)9-11-10-20-15-8-4-3-5-12(11)15;1-3-7-11(8-4-1)13-12-9-5-2-6-10-12/h1-8,10,16,20-21H,9H2,(H,25,26);11-13H,1-10H2/t16-;/m0./s1. The summed E-state index contributed by atoms with van der Waals surface area (Å²) in [5, 5.41) is 15.1. The Kier molecular flexibility index (Phi) is 8.74. The number of hydrogen-bond donors (Lipinski definition) is 4. The molecule has 1 atom stereocenters. The van der Waals surface area contributed by atoms with Gasteiger partial charge in [0.2, 0.25) is 0 Å². The quantitative estimate of drug-likeness (QED) is 0.312. The van der Waals surface area contributed by atoms with Gasteiger partial charge in [0.15, 0.2) is 0 Å². The van der Waals surface area contributed by atoms with Crippen molar-refractivity contribution in [3.63, 3.8) is 0 Å². The number of carbonyl (C=O) groups is 3. The highest BCUT2D eigenvalue weighted by Crippen LogP contribution is 2.24. The Hall–Kier alpha value is -3.49. The second-order valence-electron chi connectivity index (χ2n) is 10.9. The molecule has 8 nitrogen and oxygen atoms in total. The van der Waals surface area contributed by atoms with Gasteiger partial charge in [0, 0.05) is 35.6 Å². The van der Waals surface area contributed by atoms with E-state index in [1.165, 1.54) is 64.2 Å². The summed E-state index contributed by atoms with van der Waals surface area (Å²) in [6.07, 6.45) is 16.4. The van der Waals surface area contributed by atoms with Gasteiger partial charge in [0.1, 0.15) is 6.04 Å². The van der Waals surface area contributed by atoms with Gasteiger partial charge in [-0.3, -0.25) is 14.4 Å². The summed E-state index contributed by atoms with van der Waals surface area (Å²) >= 11 is 0. The number of nitrogens with one attached hydrogen (secondary N) is 3. The van der Waals surface area contributed by atoms with Crippen molar-refractivity contribution >= 4 is 28.7 Å². The summed E-state index contributed by atoms with van der Waals surface area (Å²) in [5.41, 5.74) is 4.80. The van der Waals surface area contributed by atoms with Crippen LogP contribution in [0.25, 0.3) is 10.9 Å². The first kappa shape index (κ1) is 27.1. The SMILES string of the molecule is C1CCC(NC2CCCCC2)CC1.O=C(O)[C@H](Cc1c[nH]c2ccccc12)NN1C(=O)c2ccccc2C1=O. The number of benzene rings is 2. The smallest absolute Gasteiger partial charge is 0.322 e. The number of rotatable bonds is 7. The van der Waals surface area contributed by atoms with Crippen LogP contribution in [0.3, 0.4) is 0 Å². The fourth-order valence-corrected chi connectivity index (χ4v) is 6.04. The van der Waals surface area contributed by atoms with Gasteiger partial charge in [-0.25, -0.2) is 10.4 Å². The number of carboxylic acids is 1. The number of carbonyl (C=O) groups excluding carboxylic acids is 2. The molecule has 6 rings (SSSR count). The van der Waals surface area contributed by atoms with Crippen molar-refractivity contribution in [2.75, 3.05) is 0 Å².